The molecule has 0 bridgehead atoms. The summed E-state index contributed by atoms with van der Waals surface area (Å²) in [5.74, 6) is 0.0387. The third-order valence-corrected chi connectivity index (χ3v) is 6.00. The number of quaternary nitrogens is 1. The minimum Gasteiger partial charge on any atom is -0.359 e. The maximum absolute atomic E-state index is 13.1. The van der Waals surface area contributed by atoms with Crippen molar-refractivity contribution in [1.82, 2.24) is 5.32 Å². The summed E-state index contributed by atoms with van der Waals surface area (Å²) >= 11 is 0. The molecule has 0 spiro atoms. The zero-order chi connectivity index (χ0) is 20.9. The van der Waals surface area contributed by atoms with E-state index >= 15 is 0 Å². The Hall–Kier alpha value is -2.66. The number of likely N-dealkylation sites (tertiary alicyclic amines) is 1. The van der Waals surface area contributed by atoms with E-state index in [4.69, 9.17) is 0 Å². The summed E-state index contributed by atoms with van der Waals surface area (Å²) in [4.78, 5) is 25.5. The van der Waals surface area contributed by atoms with E-state index in [9.17, 15) is 9.59 Å². The van der Waals surface area contributed by atoms with E-state index in [0.29, 0.717) is 17.6 Å². The molecule has 5 heteroatoms. The van der Waals surface area contributed by atoms with Crippen molar-refractivity contribution in [3.63, 3.8) is 0 Å². The van der Waals surface area contributed by atoms with E-state index < -0.39 is 0 Å². The van der Waals surface area contributed by atoms with Gasteiger partial charge in [0.25, 0.3) is 5.91 Å². The minimum absolute atomic E-state index is 0.0101. The number of aryl methyl sites for hydroxylation is 2. The fourth-order valence-corrected chi connectivity index (χ4v) is 4.55. The lowest BCUT2D eigenvalue weighted by molar-refractivity contribution is -0.940. The SMILES string of the molecule is CNC(=O)C1CCC[N+](CC(=O)Nc2c(C)cccc2C)(Cc2ccccc2)C1. The molecule has 2 aromatic rings. The van der Waals surface area contributed by atoms with E-state index in [1.165, 1.54) is 5.56 Å². The highest BCUT2D eigenvalue weighted by Gasteiger charge is 2.39. The van der Waals surface area contributed by atoms with Crippen molar-refractivity contribution in [3.8, 4) is 0 Å². The first kappa shape index (κ1) is 21.1. The number of carbonyl (C=O) groups is 2. The second-order valence-corrected chi connectivity index (χ2v) is 8.32. The van der Waals surface area contributed by atoms with E-state index in [2.05, 4.69) is 22.8 Å². The molecule has 2 amide bonds. The summed E-state index contributed by atoms with van der Waals surface area (Å²) in [6.45, 7) is 6.75. The second kappa shape index (κ2) is 9.23. The zero-order valence-electron chi connectivity index (χ0n) is 17.7. The van der Waals surface area contributed by atoms with Gasteiger partial charge in [0.15, 0.2) is 6.54 Å². The summed E-state index contributed by atoms with van der Waals surface area (Å²) < 4.78 is 0.610. The molecular formula is C24H32N3O2+. The van der Waals surface area contributed by atoms with Crippen LogP contribution in [0.1, 0.15) is 29.5 Å². The Balaban J connectivity index is 1.83. The first-order valence-corrected chi connectivity index (χ1v) is 10.4. The van der Waals surface area contributed by atoms with Crippen LogP contribution in [0.2, 0.25) is 0 Å². The molecule has 5 nitrogen and oxygen atoms in total. The molecule has 1 aliphatic heterocycles. The number of carbonyl (C=O) groups excluding carboxylic acids is 2. The van der Waals surface area contributed by atoms with Crippen molar-refractivity contribution in [1.29, 1.82) is 0 Å². The highest BCUT2D eigenvalue weighted by atomic mass is 16.2. The number of nitrogens with zero attached hydrogens (tertiary/aromatic N) is 1. The van der Waals surface area contributed by atoms with Gasteiger partial charge in [-0.15, -0.1) is 0 Å². The number of rotatable bonds is 6. The smallest absolute Gasteiger partial charge is 0.279 e. The lowest BCUT2D eigenvalue weighted by Crippen LogP contribution is -2.58. The Morgan fingerprint density at radius 1 is 1.03 bits per heavy atom. The number of para-hydroxylation sites is 1. The van der Waals surface area contributed by atoms with Gasteiger partial charge in [-0.05, 0) is 37.8 Å². The van der Waals surface area contributed by atoms with Crippen molar-refractivity contribution in [3.05, 3.63) is 65.2 Å². The van der Waals surface area contributed by atoms with Gasteiger partial charge in [0.2, 0.25) is 5.91 Å². The van der Waals surface area contributed by atoms with Crippen LogP contribution in [-0.2, 0) is 16.1 Å². The Labute approximate surface area is 173 Å². The molecule has 1 saturated heterocycles. The van der Waals surface area contributed by atoms with Gasteiger partial charge in [0.05, 0.1) is 19.0 Å². The average Bonchev–Trinajstić information content (AvgIpc) is 2.71. The number of piperidine rings is 1. The Kier molecular flexibility index (Phi) is 6.70. The van der Waals surface area contributed by atoms with Crippen molar-refractivity contribution < 1.29 is 14.1 Å². The van der Waals surface area contributed by atoms with Gasteiger partial charge in [0.1, 0.15) is 6.54 Å². The van der Waals surface area contributed by atoms with Crippen molar-refractivity contribution >= 4 is 17.5 Å². The molecule has 0 radical (unpaired) electrons. The molecule has 2 aromatic carbocycles. The second-order valence-electron chi connectivity index (χ2n) is 8.32. The monoisotopic (exact) mass is 394 g/mol. The molecule has 1 fully saturated rings. The average molecular weight is 395 g/mol. The van der Waals surface area contributed by atoms with Gasteiger partial charge in [-0.25, -0.2) is 0 Å². The van der Waals surface area contributed by atoms with E-state index in [1.807, 2.05) is 50.2 Å². The van der Waals surface area contributed by atoms with Crippen LogP contribution in [0.15, 0.2) is 48.5 Å². The largest absolute Gasteiger partial charge is 0.359 e. The predicted octanol–water partition coefficient (Wildman–Crippen LogP) is 3.41. The minimum atomic E-state index is -0.0505. The molecule has 1 heterocycles. The standard InChI is InChI=1S/C24H31N3O2/c1-18-9-7-10-19(2)23(18)26-22(28)17-27(15-20-11-5-4-6-12-20)14-8-13-21(16-27)24(29)25-3/h4-7,9-12,21H,8,13-17H2,1-3H3,(H-,25,26,28,29)/p+1. The summed E-state index contributed by atoms with van der Waals surface area (Å²) in [5.41, 5.74) is 4.23. The molecule has 0 aromatic heterocycles. The highest BCUT2D eigenvalue weighted by Crippen LogP contribution is 2.28. The van der Waals surface area contributed by atoms with Gasteiger partial charge in [-0.1, -0.05) is 48.5 Å². The number of hydrogen-bond acceptors (Lipinski definition) is 2. The molecule has 29 heavy (non-hydrogen) atoms. The molecular weight excluding hydrogens is 362 g/mol. The summed E-state index contributed by atoms with van der Waals surface area (Å²) in [6, 6.07) is 16.3. The maximum Gasteiger partial charge on any atom is 0.279 e. The Bertz CT molecular complexity index is 845. The van der Waals surface area contributed by atoms with Crippen LogP contribution in [0.4, 0.5) is 5.69 Å². The van der Waals surface area contributed by atoms with Crippen LogP contribution in [0, 0.1) is 19.8 Å². The third-order valence-electron chi connectivity index (χ3n) is 6.00. The summed E-state index contributed by atoms with van der Waals surface area (Å²) in [6.07, 6.45) is 1.83. The van der Waals surface area contributed by atoms with Crippen molar-refractivity contribution in [2.45, 2.75) is 33.2 Å². The number of hydrogen-bond donors (Lipinski definition) is 2. The van der Waals surface area contributed by atoms with Crippen LogP contribution in [0.5, 0.6) is 0 Å². The van der Waals surface area contributed by atoms with Crippen molar-refractivity contribution in [2.75, 3.05) is 32.0 Å². The van der Waals surface area contributed by atoms with Crippen LogP contribution in [0.25, 0.3) is 0 Å². The van der Waals surface area contributed by atoms with Crippen LogP contribution >= 0.6 is 0 Å². The molecule has 2 atom stereocenters. The lowest BCUT2D eigenvalue weighted by atomic mass is 9.93. The molecule has 0 saturated carbocycles. The molecule has 1 aliphatic rings. The molecule has 2 unspecified atom stereocenters. The lowest BCUT2D eigenvalue weighted by Gasteiger charge is -2.43. The fraction of sp³-hybridized carbons (Fsp3) is 0.417. The maximum atomic E-state index is 13.1. The number of nitrogens with one attached hydrogen (secondary N) is 2. The Morgan fingerprint density at radius 2 is 1.72 bits per heavy atom. The Morgan fingerprint density at radius 3 is 2.38 bits per heavy atom. The third kappa shape index (κ3) is 5.24. The van der Waals surface area contributed by atoms with Crippen molar-refractivity contribution in [2.24, 2.45) is 5.92 Å². The van der Waals surface area contributed by atoms with Gasteiger partial charge in [-0.2, -0.15) is 0 Å². The first-order chi connectivity index (χ1) is 13.9. The molecule has 2 N–H and O–H groups in total. The van der Waals surface area contributed by atoms with Crippen LogP contribution < -0.4 is 10.6 Å². The number of anilines is 1. The molecule has 0 aliphatic carbocycles. The fourth-order valence-electron chi connectivity index (χ4n) is 4.55. The van der Waals surface area contributed by atoms with Gasteiger partial charge >= 0.3 is 0 Å². The first-order valence-electron chi connectivity index (χ1n) is 10.4. The van der Waals surface area contributed by atoms with E-state index in [-0.39, 0.29) is 17.7 Å². The number of amides is 2. The summed E-state index contributed by atoms with van der Waals surface area (Å²) in [7, 11) is 1.69. The van der Waals surface area contributed by atoms with Crippen LogP contribution in [-0.4, -0.2) is 43.0 Å². The number of benzene rings is 2. The predicted molar refractivity (Wildman–Crippen MR) is 116 cm³/mol. The van der Waals surface area contributed by atoms with Crippen LogP contribution in [0.3, 0.4) is 0 Å². The molecule has 154 valence electrons. The zero-order valence-corrected chi connectivity index (χ0v) is 17.7. The molecule has 3 rings (SSSR count). The van der Waals surface area contributed by atoms with E-state index in [1.54, 1.807) is 7.05 Å². The van der Waals surface area contributed by atoms with Gasteiger partial charge < -0.3 is 15.1 Å². The normalized spacial score (nSPS) is 21.4. The topological polar surface area (TPSA) is 58.2 Å². The summed E-state index contributed by atoms with van der Waals surface area (Å²) in [5, 5.41) is 5.93. The van der Waals surface area contributed by atoms with Gasteiger partial charge in [-0.3, -0.25) is 9.59 Å². The van der Waals surface area contributed by atoms with Gasteiger partial charge in [0, 0.05) is 18.3 Å². The van der Waals surface area contributed by atoms with E-state index in [0.717, 1.165) is 42.7 Å². The highest BCUT2D eigenvalue weighted by molar-refractivity contribution is 5.93. The quantitative estimate of drug-likeness (QED) is 0.738.